The molecule has 0 amide bonds. The Morgan fingerprint density at radius 2 is 2.13 bits per heavy atom. The second-order valence-electron chi connectivity index (χ2n) is 6.71. The molecule has 1 N–H and O–H groups in total. The molecule has 3 nitrogen and oxygen atoms in total. The summed E-state index contributed by atoms with van der Waals surface area (Å²) in [5, 5.41) is 3.46. The average molecular weight is 343 g/mol. The van der Waals surface area contributed by atoms with Crippen molar-refractivity contribution >= 4 is 12.4 Å². The first-order valence-corrected chi connectivity index (χ1v) is 8.46. The molecule has 0 saturated carbocycles. The van der Waals surface area contributed by atoms with Gasteiger partial charge in [-0.2, -0.15) is 0 Å². The third kappa shape index (κ3) is 4.59. The lowest BCUT2D eigenvalue weighted by atomic mass is 9.85. The number of halogens is 2. The summed E-state index contributed by atoms with van der Waals surface area (Å²) in [7, 11) is 1.63. The molecule has 0 aromatic heterocycles. The van der Waals surface area contributed by atoms with Gasteiger partial charge in [-0.3, -0.25) is 0 Å². The van der Waals surface area contributed by atoms with Gasteiger partial charge >= 0.3 is 0 Å². The first-order chi connectivity index (χ1) is 10.7. The largest absolute Gasteiger partial charge is 0.497 e. The molecule has 2 heterocycles. The van der Waals surface area contributed by atoms with Crippen molar-refractivity contribution in [3.05, 3.63) is 29.8 Å². The Hall–Kier alpha value is -0.840. The summed E-state index contributed by atoms with van der Waals surface area (Å²) >= 11 is 0. The van der Waals surface area contributed by atoms with Crippen LogP contribution in [-0.4, -0.2) is 44.7 Å². The number of likely N-dealkylation sites (tertiary alicyclic amines) is 1. The van der Waals surface area contributed by atoms with E-state index in [9.17, 15) is 0 Å². The molecule has 1 aromatic carbocycles. The van der Waals surface area contributed by atoms with Crippen LogP contribution in [0.25, 0.3) is 0 Å². The van der Waals surface area contributed by atoms with Crippen LogP contribution in [0, 0.1) is 5.92 Å². The highest BCUT2D eigenvalue weighted by atomic mass is 35.5. The zero-order valence-corrected chi connectivity index (χ0v) is 14.7. The normalized spacial score (nSPS) is 24.7. The molecule has 23 heavy (non-hydrogen) atoms. The van der Waals surface area contributed by atoms with Gasteiger partial charge < -0.3 is 15.0 Å². The second-order valence-corrected chi connectivity index (χ2v) is 6.71. The number of hydrogen-bond acceptors (Lipinski definition) is 3. The second kappa shape index (κ2) is 8.32. The molecule has 130 valence electrons. The number of rotatable bonds is 4. The molecule has 2 aliphatic rings. The van der Waals surface area contributed by atoms with Gasteiger partial charge in [-0.25, -0.2) is 4.39 Å². The molecule has 0 radical (unpaired) electrons. The fourth-order valence-corrected chi connectivity index (χ4v) is 3.73. The summed E-state index contributed by atoms with van der Waals surface area (Å²) < 4.78 is 20.5. The predicted molar refractivity (Wildman–Crippen MR) is 94.3 cm³/mol. The summed E-state index contributed by atoms with van der Waals surface area (Å²) in [6, 6.07) is 7.50. The maximum absolute atomic E-state index is 15.3. The SMILES string of the molecule is COc1cccc(C2(F)CCN(CC3CCCNC3)CC2)c1.Cl. The number of benzene rings is 1. The van der Waals surface area contributed by atoms with Gasteiger partial charge in [-0.05, 0) is 62.4 Å². The Balaban J connectivity index is 0.00000192. The summed E-state index contributed by atoms with van der Waals surface area (Å²) in [4.78, 5) is 2.44. The minimum absolute atomic E-state index is 0. The monoisotopic (exact) mass is 342 g/mol. The highest BCUT2D eigenvalue weighted by Crippen LogP contribution is 2.38. The van der Waals surface area contributed by atoms with Crippen molar-refractivity contribution in [1.29, 1.82) is 0 Å². The fourth-order valence-electron chi connectivity index (χ4n) is 3.73. The topological polar surface area (TPSA) is 24.5 Å². The predicted octanol–water partition coefficient (Wildman–Crippen LogP) is 3.38. The number of hydrogen-bond donors (Lipinski definition) is 1. The zero-order valence-electron chi connectivity index (χ0n) is 13.9. The molecule has 2 fully saturated rings. The molecule has 2 aliphatic heterocycles. The molecule has 3 rings (SSSR count). The maximum atomic E-state index is 15.3. The van der Waals surface area contributed by atoms with E-state index in [-0.39, 0.29) is 12.4 Å². The Morgan fingerprint density at radius 1 is 1.35 bits per heavy atom. The highest BCUT2D eigenvalue weighted by molar-refractivity contribution is 5.85. The minimum atomic E-state index is -1.20. The lowest BCUT2D eigenvalue weighted by Gasteiger charge is -2.39. The Kier molecular flexibility index (Phi) is 6.69. The van der Waals surface area contributed by atoms with Crippen molar-refractivity contribution < 1.29 is 9.13 Å². The van der Waals surface area contributed by atoms with Crippen LogP contribution in [0.5, 0.6) is 5.75 Å². The van der Waals surface area contributed by atoms with Gasteiger partial charge in [0, 0.05) is 19.6 Å². The number of nitrogens with zero attached hydrogens (tertiary/aromatic N) is 1. The molecule has 1 unspecified atom stereocenters. The van der Waals surface area contributed by atoms with E-state index in [1.54, 1.807) is 7.11 Å². The molecule has 1 aromatic rings. The summed E-state index contributed by atoms with van der Waals surface area (Å²) in [5.41, 5.74) is -0.429. The lowest BCUT2D eigenvalue weighted by Crippen LogP contribution is -2.44. The van der Waals surface area contributed by atoms with Crippen LogP contribution in [0.1, 0.15) is 31.2 Å². The van der Waals surface area contributed by atoms with E-state index >= 15 is 4.39 Å². The van der Waals surface area contributed by atoms with E-state index in [1.807, 2.05) is 24.3 Å². The number of piperidine rings is 2. The molecular formula is C18H28ClFN2O. The summed E-state index contributed by atoms with van der Waals surface area (Å²) in [5.74, 6) is 1.47. The Morgan fingerprint density at radius 3 is 2.78 bits per heavy atom. The maximum Gasteiger partial charge on any atom is 0.138 e. The van der Waals surface area contributed by atoms with E-state index in [0.717, 1.165) is 50.0 Å². The third-order valence-corrected chi connectivity index (χ3v) is 5.15. The van der Waals surface area contributed by atoms with Crippen molar-refractivity contribution in [3.63, 3.8) is 0 Å². The summed E-state index contributed by atoms with van der Waals surface area (Å²) in [6.45, 7) is 5.09. The molecule has 0 spiro atoms. The highest BCUT2D eigenvalue weighted by Gasteiger charge is 2.36. The van der Waals surface area contributed by atoms with Crippen LogP contribution >= 0.6 is 12.4 Å². The van der Waals surface area contributed by atoms with Gasteiger partial charge in [0.1, 0.15) is 11.4 Å². The zero-order chi connectivity index (χ0) is 15.4. The van der Waals surface area contributed by atoms with Gasteiger partial charge in [0.15, 0.2) is 0 Å². The number of methoxy groups -OCH3 is 1. The van der Waals surface area contributed by atoms with E-state index in [2.05, 4.69) is 10.2 Å². The van der Waals surface area contributed by atoms with Gasteiger partial charge in [-0.15, -0.1) is 12.4 Å². The van der Waals surface area contributed by atoms with Crippen LogP contribution in [0.3, 0.4) is 0 Å². The van der Waals surface area contributed by atoms with E-state index in [4.69, 9.17) is 4.74 Å². The molecule has 0 bridgehead atoms. The number of nitrogens with one attached hydrogen (secondary N) is 1. The van der Waals surface area contributed by atoms with E-state index in [0.29, 0.717) is 12.8 Å². The fraction of sp³-hybridized carbons (Fsp3) is 0.667. The molecule has 1 atom stereocenters. The quantitative estimate of drug-likeness (QED) is 0.907. The molecular weight excluding hydrogens is 315 g/mol. The van der Waals surface area contributed by atoms with E-state index < -0.39 is 5.67 Å². The van der Waals surface area contributed by atoms with E-state index in [1.165, 1.54) is 12.8 Å². The van der Waals surface area contributed by atoms with Crippen LogP contribution in [-0.2, 0) is 5.67 Å². The number of alkyl halides is 1. The van der Waals surface area contributed by atoms with Crippen molar-refractivity contribution in [3.8, 4) is 5.75 Å². The van der Waals surface area contributed by atoms with Crippen molar-refractivity contribution in [2.45, 2.75) is 31.4 Å². The van der Waals surface area contributed by atoms with Gasteiger partial charge in [0.25, 0.3) is 0 Å². The van der Waals surface area contributed by atoms with Crippen LogP contribution in [0.15, 0.2) is 24.3 Å². The van der Waals surface area contributed by atoms with Crippen LogP contribution in [0.2, 0.25) is 0 Å². The first-order valence-electron chi connectivity index (χ1n) is 8.46. The van der Waals surface area contributed by atoms with Crippen molar-refractivity contribution in [2.75, 3.05) is 39.8 Å². The van der Waals surface area contributed by atoms with Crippen LogP contribution in [0.4, 0.5) is 4.39 Å². The smallest absolute Gasteiger partial charge is 0.138 e. The van der Waals surface area contributed by atoms with Crippen molar-refractivity contribution in [2.24, 2.45) is 5.92 Å². The third-order valence-electron chi connectivity index (χ3n) is 5.15. The minimum Gasteiger partial charge on any atom is -0.497 e. The van der Waals surface area contributed by atoms with Crippen LogP contribution < -0.4 is 10.1 Å². The number of ether oxygens (including phenoxy) is 1. The van der Waals surface area contributed by atoms with Gasteiger partial charge in [0.2, 0.25) is 0 Å². The molecule has 2 saturated heterocycles. The molecule has 0 aliphatic carbocycles. The average Bonchev–Trinajstić information content (AvgIpc) is 2.58. The Labute approximate surface area is 145 Å². The molecule has 5 heteroatoms. The first kappa shape index (κ1) is 18.5. The lowest BCUT2D eigenvalue weighted by molar-refractivity contribution is 0.0468. The Bertz CT molecular complexity index is 486. The van der Waals surface area contributed by atoms with Crippen molar-refractivity contribution in [1.82, 2.24) is 10.2 Å². The standard InChI is InChI=1S/C18H27FN2O.ClH/c1-22-17-6-2-5-16(12-17)18(19)7-10-21(11-8-18)14-15-4-3-9-20-13-15;/h2,5-6,12,15,20H,3-4,7-11,13-14H2,1H3;1H. The van der Waals surface area contributed by atoms with Gasteiger partial charge in [0.05, 0.1) is 7.11 Å². The van der Waals surface area contributed by atoms with Gasteiger partial charge in [-0.1, -0.05) is 12.1 Å². The summed E-state index contributed by atoms with van der Waals surface area (Å²) in [6.07, 6.45) is 3.75.